The Labute approximate surface area is 135 Å². The topological polar surface area (TPSA) is 38.4 Å². The highest BCUT2D eigenvalue weighted by molar-refractivity contribution is 9.10. The van der Waals surface area contributed by atoms with E-state index in [9.17, 15) is 0 Å². The lowest BCUT2D eigenvalue weighted by atomic mass is 9.85. The van der Waals surface area contributed by atoms with E-state index in [1.165, 1.54) is 12.0 Å². The smallest absolute Gasteiger partial charge is 0.127 e. The molecule has 1 atom stereocenters. The largest absolute Gasteiger partial charge is 0.383 e. The second kappa shape index (κ2) is 6.44. The van der Waals surface area contributed by atoms with Crippen molar-refractivity contribution in [3.05, 3.63) is 69.7 Å². The minimum Gasteiger partial charge on any atom is -0.383 e. The van der Waals surface area contributed by atoms with E-state index < -0.39 is 0 Å². The SMILES string of the molecule is CC1(c2cccc(Br)c2)N=C(N)c2ccccc21.CCC. The van der Waals surface area contributed by atoms with Crippen molar-refractivity contribution >= 4 is 21.8 Å². The number of hydrogen-bond donors (Lipinski definition) is 1. The van der Waals surface area contributed by atoms with Gasteiger partial charge in [0.1, 0.15) is 11.4 Å². The van der Waals surface area contributed by atoms with Gasteiger partial charge in [-0.25, -0.2) is 0 Å². The standard InChI is InChI=1S/C15H13BrN2.C3H8/c1-15(10-5-4-6-11(16)9-10)13-8-3-2-7-12(13)14(17)18-15;1-3-2/h2-9H,1H3,(H2,17,18);3H2,1-2H3. The molecule has 0 amide bonds. The monoisotopic (exact) mass is 344 g/mol. The second-order valence-electron chi connectivity index (χ2n) is 5.33. The van der Waals surface area contributed by atoms with Gasteiger partial charge in [-0.3, -0.25) is 4.99 Å². The quantitative estimate of drug-likeness (QED) is 0.788. The molecule has 21 heavy (non-hydrogen) atoms. The normalized spacial score (nSPS) is 19.3. The van der Waals surface area contributed by atoms with Crippen molar-refractivity contribution in [2.24, 2.45) is 10.7 Å². The average Bonchev–Trinajstić information content (AvgIpc) is 2.73. The van der Waals surface area contributed by atoms with Crippen LogP contribution in [-0.4, -0.2) is 5.84 Å². The summed E-state index contributed by atoms with van der Waals surface area (Å²) in [6.07, 6.45) is 1.25. The number of hydrogen-bond acceptors (Lipinski definition) is 2. The minimum atomic E-state index is -0.384. The van der Waals surface area contributed by atoms with E-state index >= 15 is 0 Å². The Morgan fingerprint density at radius 3 is 2.43 bits per heavy atom. The molecule has 0 bridgehead atoms. The fraction of sp³-hybridized carbons (Fsp3) is 0.278. The number of benzene rings is 2. The Bertz CT molecular complexity index is 664. The summed E-state index contributed by atoms with van der Waals surface area (Å²) in [5.41, 5.74) is 9.00. The third-order valence-corrected chi connectivity index (χ3v) is 3.95. The van der Waals surface area contributed by atoms with Gasteiger partial charge in [-0.15, -0.1) is 0 Å². The van der Waals surface area contributed by atoms with Crippen molar-refractivity contribution in [2.45, 2.75) is 32.7 Å². The summed E-state index contributed by atoms with van der Waals surface area (Å²) in [6, 6.07) is 16.4. The van der Waals surface area contributed by atoms with Crippen LogP contribution in [0.4, 0.5) is 0 Å². The van der Waals surface area contributed by atoms with Crippen LogP contribution in [0.2, 0.25) is 0 Å². The predicted molar refractivity (Wildman–Crippen MR) is 93.7 cm³/mol. The van der Waals surface area contributed by atoms with E-state index in [2.05, 4.69) is 59.9 Å². The molecular weight excluding hydrogens is 324 g/mol. The zero-order valence-corrected chi connectivity index (χ0v) is 14.3. The molecule has 2 aromatic rings. The molecule has 0 radical (unpaired) electrons. The van der Waals surface area contributed by atoms with Gasteiger partial charge in [0.2, 0.25) is 0 Å². The maximum Gasteiger partial charge on any atom is 0.127 e. The molecule has 0 saturated heterocycles. The highest BCUT2D eigenvalue weighted by Crippen LogP contribution is 2.40. The summed E-state index contributed by atoms with van der Waals surface area (Å²) in [5.74, 6) is 0.619. The van der Waals surface area contributed by atoms with Crippen molar-refractivity contribution in [3.8, 4) is 0 Å². The first kappa shape index (κ1) is 15.8. The first-order valence-corrected chi connectivity index (χ1v) is 8.03. The average molecular weight is 345 g/mol. The van der Waals surface area contributed by atoms with Gasteiger partial charge in [0, 0.05) is 10.0 Å². The number of aliphatic imine (C=N–C) groups is 1. The Hall–Kier alpha value is -1.61. The molecule has 0 fully saturated rings. The lowest BCUT2D eigenvalue weighted by molar-refractivity contribution is 0.620. The molecule has 110 valence electrons. The van der Waals surface area contributed by atoms with Crippen LogP contribution in [0, 0.1) is 0 Å². The molecule has 3 heteroatoms. The molecule has 0 spiro atoms. The Kier molecular flexibility index (Phi) is 4.84. The van der Waals surface area contributed by atoms with Crippen LogP contribution in [0.1, 0.15) is 43.9 Å². The first-order chi connectivity index (χ1) is 10.0. The van der Waals surface area contributed by atoms with E-state index in [4.69, 9.17) is 5.73 Å². The Morgan fingerprint density at radius 1 is 1.10 bits per heavy atom. The molecule has 2 aromatic carbocycles. The Balaban J connectivity index is 0.000000497. The molecule has 1 heterocycles. The molecule has 0 aliphatic carbocycles. The van der Waals surface area contributed by atoms with Crippen LogP contribution in [0.25, 0.3) is 0 Å². The fourth-order valence-electron chi connectivity index (χ4n) is 2.50. The van der Waals surface area contributed by atoms with Gasteiger partial charge in [-0.2, -0.15) is 0 Å². The minimum absolute atomic E-state index is 0.384. The van der Waals surface area contributed by atoms with E-state index in [0.29, 0.717) is 5.84 Å². The Morgan fingerprint density at radius 2 is 1.76 bits per heavy atom. The van der Waals surface area contributed by atoms with Gasteiger partial charge >= 0.3 is 0 Å². The lowest BCUT2D eigenvalue weighted by Crippen LogP contribution is -2.18. The van der Waals surface area contributed by atoms with Gasteiger partial charge in [0.05, 0.1) is 0 Å². The lowest BCUT2D eigenvalue weighted by Gasteiger charge is -2.23. The zero-order chi connectivity index (χ0) is 15.5. The highest BCUT2D eigenvalue weighted by Gasteiger charge is 2.36. The van der Waals surface area contributed by atoms with Crippen LogP contribution >= 0.6 is 15.9 Å². The number of nitrogens with zero attached hydrogens (tertiary/aromatic N) is 1. The van der Waals surface area contributed by atoms with Crippen LogP contribution in [0.15, 0.2) is 58.0 Å². The van der Waals surface area contributed by atoms with Gasteiger partial charge in [-0.05, 0) is 30.2 Å². The maximum atomic E-state index is 6.04. The zero-order valence-electron chi connectivity index (χ0n) is 12.7. The summed E-state index contributed by atoms with van der Waals surface area (Å²) >= 11 is 3.51. The second-order valence-corrected chi connectivity index (χ2v) is 6.25. The number of fused-ring (bicyclic) bond motifs is 1. The van der Waals surface area contributed by atoms with Gasteiger partial charge in [0.25, 0.3) is 0 Å². The summed E-state index contributed by atoms with van der Waals surface area (Å²) in [7, 11) is 0. The van der Waals surface area contributed by atoms with Crippen molar-refractivity contribution in [1.82, 2.24) is 0 Å². The number of nitrogens with two attached hydrogens (primary N) is 1. The van der Waals surface area contributed by atoms with Crippen molar-refractivity contribution in [3.63, 3.8) is 0 Å². The maximum absolute atomic E-state index is 6.04. The van der Waals surface area contributed by atoms with E-state index in [-0.39, 0.29) is 5.54 Å². The summed E-state index contributed by atoms with van der Waals surface area (Å²) in [6.45, 7) is 6.35. The highest BCUT2D eigenvalue weighted by atomic mass is 79.9. The molecule has 1 aliphatic heterocycles. The summed E-state index contributed by atoms with van der Waals surface area (Å²) in [4.78, 5) is 4.67. The number of amidine groups is 1. The molecular formula is C18H21BrN2. The van der Waals surface area contributed by atoms with Gasteiger partial charge in [-0.1, -0.05) is 72.6 Å². The molecule has 0 saturated carbocycles. The third kappa shape index (κ3) is 3.03. The van der Waals surface area contributed by atoms with Crippen molar-refractivity contribution in [1.29, 1.82) is 0 Å². The van der Waals surface area contributed by atoms with Crippen molar-refractivity contribution in [2.75, 3.05) is 0 Å². The molecule has 0 aromatic heterocycles. The van der Waals surface area contributed by atoms with Crippen LogP contribution < -0.4 is 5.73 Å². The molecule has 1 unspecified atom stereocenters. The molecule has 2 nitrogen and oxygen atoms in total. The van der Waals surface area contributed by atoms with Crippen LogP contribution in [0.5, 0.6) is 0 Å². The summed E-state index contributed by atoms with van der Waals surface area (Å²) < 4.78 is 1.05. The molecule has 2 N–H and O–H groups in total. The molecule has 3 rings (SSSR count). The first-order valence-electron chi connectivity index (χ1n) is 7.24. The fourth-order valence-corrected chi connectivity index (χ4v) is 2.90. The summed E-state index contributed by atoms with van der Waals surface area (Å²) in [5, 5.41) is 0. The number of rotatable bonds is 1. The van der Waals surface area contributed by atoms with E-state index in [1.54, 1.807) is 0 Å². The van der Waals surface area contributed by atoms with Crippen LogP contribution in [-0.2, 0) is 5.54 Å². The van der Waals surface area contributed by atoms with Gasteiger partial charge < -0.3 is 5.73 Å². The predicted octanol–water partition coefficient (Wildman–Crippen LogP) is 4.85. The van der Waals surface area contributed by atoms with Crippen molar-refractivity contribution < 1.29 is 0 Å². The number of halogens is 1. The third-order valence-electron chi connectivity index (χ3n) is 3.46. The molecule has 1 aliphatic rings. The van der Waals surface area contributed by atoms with Gasteiger partial charge in [0.15, 0.2) is 0 Å². The van der Waals surface area contributed by atoms with E-state index in [1.807, 2.05) is 30.3 Å². The van der Waals surface area contributed by atoms with Crippen LogP contribution in [0.3, 0.4) is 0 Å². The van der Waals surface area contributed by atoms with E-state index in [0.717, 1.165) is 15.6 Å².